The van der Waals surface area contributed by atoms with Crippen LogP contribution < -0.4 is 4.90 Å². The number of furan rings is 1. The van der Waals surface area contributed by atoms with Gasteiger partial charge in [-0.2, -0.15) is 0 Å². The largest absolute Gasteiger partial charge is 0.449 e. The number of piperidine rings is 1. The topological polar surface area (TPSA) is 77.1 Å². The Kier molecular flexibility index (Phi) is 3.51. The van der Waals surface area contributed by atoms with E-state index in [4.69, 9.17) is 4.42 Å². The fourth-order valence-corrected chi connectivity index (χ4v) is 2.08. The second-order valence-corrected chi connectivity index (χ2v) is 4.27. The first-order valence-electron chi connectivity index (χ1n) is 5.60. The summed E-state index contributed by atoms with van der Waals surface area (Å²) < 4.78 is 5.36. The summed E-state index contributed by atoms with van der Waals surface area (Å²) in [6, 6.07) is 1.83. The van der Waals surface area contributed by atoms with Crippen LogP contribution in [-0.4, -0.2) is 46.7 Å². The number of nitrogens with zero attached hydrogens (tertiary/aromatic N) is 1. The molecule has 1 aliphatic heterocycles. The number of β-amino-alcohol motifs (C(OH)–C–C–N with tert-alkyl or cyclic N) is 2. The monoisotopic (exact) mass is 239 g/mol. The average Bonchev–Trinajstić information content (AvgIpc) is 2.74. The normalized spacial score (nSPS) is 29.4. The van der Waals surface area contributed by atoms with Gasteiger partial charge in [0.2, 0.25) is 0 Å². The first kappa shape index (κ1) is 12.2. The molecule has 1 aromatic rings. The third-order valence-electron chi connectivity index (χ3n) is 2.98. The maximum absolute atomic E-state index is 9.62. The van der Waals surface area contributed by atoms with Crippen molar-refractivity contribution in [1.29, 1.82) is 0 Å². The van der Waals surface area contributed by atoms with Crippen molar-refractivity contribution >= 4 is 5.88 Å². The smallest absolute Gasteiger partial charge is 0.198 e. The molecule has 1 saturated heterocycles. The van der Waals surface area contributed by atoms with E-state index in [0.717, 1.165) is 5.56 Å². The summed E-state index contributed by atoms with van der Waals surface area (Å²) in [7, 11) is 0. The van der Waals surface area contributed by atoms with E-state index in [2.05, 4.69) is 6.58 Å². The van der Waals surface area contributed by atoms with Gasteiger partial charge in [0, 0.05) is 18.7 Å². The van der Waals surface area contributed by atoms with Crippen LogP contribution in [0.2, 0.25) is 0 Å². The molecule has 0 amide bonds. The molecule has 5 nitrogen and oxygen atoms in total. The summed E-state index contributed by atoms with van der Waals surface area (Å²) in [6.07, 6.45) is 0.958. The van der Waals surface area contributed by atoms with Gasteiger partial charge in [-0.3, -0.25) is 0 Å². The van der Waals surface area contributed by atoms with E-state index >= 15 is 0 Å². The van der Waals surface area contributed by atoms with Crippen LogP contribution in [0.15, 0.2) is 29.4 Å². The van der Waals surface area contributed by atoms with Crippen LogP contribution in [0.5, 0.6) is 0 Å². The molecule has 17 heavy (non-hydrogen) atoms. The van der Waals surface area contributed by atoms with E-state index in [1.165, 1.54) is 0 Å². The lowest BCUT2D eigenvalue weighted by Crippen LogP contribution is -2.55. The minimum atomic E-state index is -1.09. The Balaban J connectivity index is 2.17. The molecule has 2 heterocycles. The van der Waals surface area contributed by atoms with Crippen LogP contribution in [0.4, 0.5) is 5.88 Å². The third kappa shape index (κ3) is 2.36. The summed E-state index contributed by atoms with van der Waals surface area (Å²) in [5.41, 5.74) is 0.954. The summed E-state index contributed by atoms with van der Waals surface area (Å²) in [6.45, 7) is 4.16. The van der Waals surface area contributed by atoms with Gasteiger partial charge in [0.25, 0.3) is 0 Å². The maximum atomic E-state index is 9.62. The van der Waals surface area contributed by atoms with Crippen LogP contribution in [0.1, 0.15) is 5.56 Å². The standard InChI is InChI=1S/C12H17NO4/c1-2-3-8-4-5-17-12(8)13-6-9(14)11(16)10(15)7-13/h2,4-5,9-11,14-16H,1,3,6-7H2/t9-,10+,11-. The van der Waals surface area contributed by atoms with Crippen molar-refractivity contribution in [2.24, 2.45) is 0 Å². The second-order valence-electron chi connectivity index (χ2n) is 4.27. The summed E-state index contributed by atoms with van der Waals surface area (Å²) in [5.74, 6) is 0.620. The lowest BCUT2D eigenvalue weighted by atomic mass is 10.0. The molecule has 2 rings (SSSR count). The SMILES string of the molecule is C=CCc1ccoc1N1C[C@@H](O)[C@@H](O)[C@@H](O)C1. The van der Waals surface area contributed by atoms with Crippen LogP contribution in [-0.2, 0) is 6.42 Å². The maximum Gasteiger partial charge on any atom is 0.198 e. The van der Waals surface area contributed by atoms with Crippen LogP contribution in [0, 0.1) is 0 Å². The van der Waals surface area contributed by atoms with E-state index in [-0.39, 0.29) is 13.1 Å². The number of hydrogen-bond donors (Lipinski definition) is 3. The van der Waals surface area contributed by atoms with Gasteiger partial charge in [-0.05, 0) is 12.5 Å². The highest BCUT2D eigenvalue weighted by atomic mass is 16.4. The molecule has 0 unspecified atom stereocenters. The zero-order valence-electron chi connectivity index (χ0n) is 9.49. The van der Waals surface area contributed by atoms with Crippen molar-refractivity contribution in [2.45, 2.75) is 24.7 Å². The van der Waals surface area contributed by atoms with Crippen molar-refractivity contribution in [3.63, 3.8) is 0 Å². The fraction of sp³-hybridized carbons (Fsp3) is 0.500. The Morgan fingerprint density at radius 2 is 2.00 bits per heavy atom. The van der Waals surface area contributed by atoms with Crippen molar-refractivity contribution in [3.8, 4) is 0 Å². The first-order chi connectivity index (χ1) is 8.13. The first-order valence-corrected chi connectivity index (χ1v) is 5.60. The molecule has 5 heteroatoms. The second kappa shape index (κ2) is 4.91. The summed E-state index contributed by atoms with van der Waals surface area (Å²) >= 11 is 0. The van der Waals surface area contributed by atoms with E-state index < -0.39 is 18.3 Å². The predicted octanol–water partition coefficient (Wildman–Crippen LogP) is -0.0892. The number of aliphatic hydroxyl groups is 3. The Morgan fingerprint density at radius 3 is 2.59 bits per heavy atom. The highest BCUT2D eigenvalue weighted by molar-refractivity contribution is 5.46. The highest BCUT2D eigenvalue weighted by Crippen LogP contribution is 2.26. The molecule has 1 aliphatic rings. The molecule has 0 aromatic carbocycles. The zero-order chi connectivity index (χ0) is 12.4. The van der Waals surface area contributed by atoms with Gasteiger partial charge in [0.15, 0.2) is 5.88 Å². The molecule has 1 fully saturated rings. The number of aliphatic hydroxyl groups excluding tert-OH is 3. The van der Waals surface area contributed by atoms with Gasteiger partial charge >= 0.3 is 0 Å². The summed E-state index contributed by atoms with van der Waals surface area (Å²) in [5, 5.41) is 28.7. The molecular weight excluding hydrogens is 222 g/mol. The number of anilines is 1. The molecule has 0 radical (unpaired) electrons. The van der Waals surface area contributed by atoms with Gasteiger partial charge in [0.05, 0.1) is 6.26 Å². The van der Waals surface area contributed by atoms with E-state index in [0.29, 0.717) is 12.3 Å². The molecule has 3 N–H and O–H groups in total. The van der Waals surface area contributed by atoms with Crippen molar-refractivity contribution in [3.05, 3.63) is 30.5 Å². The van der Waals surface area contributed by atoms with E-state index in [1.807, 2.05) is 6.07 Å². The van der Waals surface area contributed by atoms with Crippen molar-refractivity contribution in [2.75, 3.05) is 18.0 Å². The highest BCUT2D eigenvalue weighted by Gasteiger charge is 2.35. The van der Waals surface area contributed by atoms with Crippen molar-refractivity contribution in [1.82, 2.24) is 0 Å². The number of rotatable bonds is 3. The lowest BCUT2D eigenvalue weighted by molar-refractivity contribution is -0.0680. The van der Waals surface area contributed by atoms with Crippen molar-refractivity contribution < 1.29 is 19.7 Å². The Morgan fingerprint density at radius 1 is 1.35 bits per heavy atom. The van der Waals surface area contributed by atoms with E-state index in [9.17, 15) is 15.3 Å². The lowest BCUT2D eigenvalue weighted by Gasteiger charge is -2.37. The fourth-order valence-electron chi connectivity index (χ4n) is 2.08. The molecule has 0 saturated carbocycles. The number of hydrogen-bond acceptors (Lipinski definition) is 5. The van der Waals surface area contributed by atoms with Crippen LogP contribution >= 0.6 is 0 Å². The Bertz CT molecular complexity index is 378. The molecule has 0 spiro atoms. The van der Waals surface area contributed by atoms with Gasteiger partial charge in [-0.25, -0.2) is 0 Å². The average molecular weight is 239 g/mol. The minimum absolute atomic E-state index is 0.246. The molecule has 3 atom stereocenters. The molecule has 0 bridgehead atoms. The van der Waals surface area contributed by atoms with Gasteiger partial charge in [0.1, 0.15) is 18.3 Å². The van der Waals surface area contributed by atoms with Crippen LogP contribution in [0.3, 0.4) is 0 Å². The Hall–Kier alpha value is -1.30. The minimum Gasteiger partial charge on any atom is -0.449 e. The molecule has 0 aliphatic carbocycles. The Labute approximate surface area is 99.6 Å². The quantitative estimate of drug-likeness (QED) is 0.643. The van der Waals surface area contributed by atoms with Gasteiger partial charge in [-0.15, -0.1) is 6.58 Å². The zero-order valence-corrected chi connectivity index (χ0v) is 9.49. The van der Waals surface area contributed by atoms with E-state index in [1.54, 1.807) is 17.2 Å². The number of allylic oxidation sites excluding steroid dienone is 1. The molecule has 1 aromatic heterocycles. The predicted molar refractivity (Wildman–Crippen MR) is 62.8 cm³/mol. The third-order valence-corrected chi connectivity index (χ3v) is 2.98. The molecular formula is C12H17NO4. The van der Waals surface area contributed by atoms with Gasteiger partial charge < -0.3 is 24.6 Å². The van der Waals surface area contributed by atoms with Gasteiger partial charge in [-0.1, -0.05) is 6.08 Å². The summed E-state index contributed by atoms with van der Waals surface area (Å²) in [4.78, 5) is 1.74. The van der Waals surface area contributed by atoms with Crippen LogP contribution in [0.25, 0.3) is 0 Å². The molecule has 94 valence electrons.